The van der Waals surface area contributed by atoms with Gasteiger partial charge in [0.05, 0.1) is 5.52 Å². The predicted octanol–water partition coefficient (Wildman–Crippen LogP) is 2.79. The molecule has 0 saturated heterocycles. The molecular weight excluding hydrogens is 286 g/mol. The van der Waals surface area contributed by atoms with E-state index in [1.165, 1.54) is 0 Å². The van der Waals surface area contributed by atoms with Crippen LogP contribution in [0.4, 0.5) is 0 Å². The minimum atomic E-state index is 0.714. The van der Waals surface area contributed by atoms with E-state index < -0.39 is 0 Å². The molecule has 0 amide bonds. The SMILES string of the molecule is Cc1c(Br)cnc2nc(Br)[nH]c12. The number of pyridine rings is 1. The molecule has 0 atom stereocenters. The van der Waals surface area contributed by atoms with E-state index in [-0.39, 0.29) is 0 Å². The van der Waals surface area contributed by atoms with Crippen LogP contribution >= 0.6 is 31.9 Å². The maximum Gasteiger partial charge on any atom is 0.178 e. The van der Waals surface area contributed by atoms with E-state index in [9.17, 15) is 0 Å². The van der Waals surface area contributed by atoms with Crippen molar-refractivity contribution < 1.29 is 0 Å². The van der Waals surface area contributed by atoms with Crippen molar-refractivity contribution in [3.05, 3.63) is 21.0 Å². The number of hydrogen-bond donors (Lipinski definition) is 1. The molecule has 3 nitrogen and oxygen atoms in total. The Kier molecular flexibility index (Phi) is 1.92. The number of fused-ring (bicyclic) bond motifs is 1. The second-order valence-electron chi connectivity index (χ2n) is 2.46. The van der Waals surface area contributed by atoms with Crippen LogP contribution in [0.3, 0.4) is 0 Å². The van der Waals surface area contributed by atoms with Crippen LogP contribution in [0.5, 0.6) is 0 Å². The highest BCUT2D eigenvalue weighted by Gasteiger charge is 2.06. The maximum absolute atomic E-state index is 4.14. The van der Waals surface area contributed by atoms with Crippen LogP contribution < -0.4 is 0 Å². The normalized spacial score (nSPS) is 10.9. The lowest BCUT2D eigenvalue weighted by atomic mass is 10.3. The molecule has 0 aromatic carbocycles. The Morgan fingerprint density at radius 1 is 1.42 bits per heavy atom. The van der Waals surface area contributed by atoms with Crippen molar-refractivity contribution >= 4 is 43.0 Å². The smallest absolute Gasteiger partial charge is 0.178 e. The maximum atomic E-state index is 4.14. The van der Waals surface area contributed by atoms with Crippen LogP contribution in [-0.2, 0) is 0 Å². The van der Waals surface area contributed by atoms with Crippen LogP contribution in [0.15, 0.2) is 15.4 Å². The molecule has 2 rings (SSSR count). The summed E-state index contributed by atoms with van der Waals surface area (Å²) in [6.45, 7) is 2.01. The number of aromatic nitrogens is 3. The third-order valence-electron chi connectivity index (χ3n) is 1.69. The minimum absolute atomic E-state index is 0.714. The van der Waals surface area contributed by atoms with Crippen molar-refractivity contribution in [2.75, 3.05) is 0 Å². The van der Waals surface area contributed by atoms with E-state index in [2.05, 4.69) is 46.8 Å². The van der Waals surface area contributed by atoms with Gasteiger partial charge in [-0.05, 0) is 44.3 Å². The van der Waals surface area contributed by atoms with E-state index in [4.69, 9.17) is 0 Å². The zero-order valence-electron chi connectivity index (χ0n) is 6.23. The molecule has 0 bridgehead atoms. The van der Waals surface area contributed by atoms with Gasteiger partial charge in [0.2, 0.25) is 0 Å². The Bertz CT molecular complexity index is 435. The summed E-state index contributed by atoms with van der Waals surface area (Å²) in [6, 6.07) is 0. The fourth-order valence-corrected chi connectivity index (χ4v) is 1.69. The number of hydrogen-bond acceptors (Lipinski definition) is 2. The zero-order chi connectivity index (χ0) is 8.72. The molecule has 0 aliphatic rings. The van der Waals surface area contributed by atoms with Gasteiger partial charge in [0, 0.05) is 10.7 Å². The largest absolute Gasteiger partial charge is 0.331 e. The highest BCUT2D eigenvalue weighted by molar-refractivity contribution is 9.10. The van der Waals surface area contributed by atoms with Crippen LogP contribution in [-0.4, -0.2) is 15.0 Å². The van der Waals surface area contributed by atoms with Gasteiger partial charge in [0.1, 0.15) is 0 Å². The van der Waals surface area contributed by atoms with Crippen LogP contribution in [0.2, 0.25) is 0 Å². The lowest BCUT2D eigenvalue weighted by molar-refractivity contribution is 1.24. The summed E-state index contributed by atoms with van der Waals surface area (Å²) in [7, 11) is 0. The standard InChI is InChI=1S/C7H5Br2N3/c1-3-4(8)2-10-6-5(3)11-7(9)12-6/h2H,1H3,(H,10,11,12). The van der Waals surface area contributed by atoms with Gasteiger partial charge in [-0.3, -0.25) is 0 Å². The Balaban J connectivity index is 2.89. The van der Waals surface area contributed by atoms with Crippen molar-refractivity contribution in [1.29, 1.82) is 0 Å². The Hall–Kier alpha value is -0.420. The molecule has 2 aromatic rings. The molecule has 12 heavy (non-hydrogen) atoms. The van der Waals surface area contributed by atoms with Gasteiger partial charge in [-0.15, -0.1) is 0 Å². The molecular formula is C7H5Br2N3. The van der Waals surface area contributed by atoms with Crippen LogP contribution in [0.1, 0.15) is 5.56 Å². The van der Waals surface area contributed by atoms with E-state index in [0.717, 1.165) is 21.2 Å². The first-order chi connectivity index (χ1) is 5.68. The molecule has 0 spiro atoms. The summed E-state index contributed by atoms with van der Waals surface area (Å²) in [6.07, 6.45) is 1.75. The molecule has 2 heterocycles. The quantitative estimate of drug-likeness (QED) is 0.811. The molecule has 0 unspecified atom stereocenters. The van der Waals surface area contributed by atoms with E-state index in [1.54, 1.807) is 6.20 Å². The summed E-state index contributed by atoms with van der Waals surface area (Å²) in [4.78, 5) is 11.4. The second-order valence-corrected chi connectivity index (χ2v) is 4.06. The first-order valence-corrected chi connectivity index (χ1v) is 4.93. The molecule has 5 heteroatoms. The number of imidazole rings is 1. The van der Waals surface area contributed by atoms with Crippen molar-refractivity contribution in [2.45, 2.75) is 6.92 Å². The monoisotopic (exact) mass is 289 g/mol. The average Bonchev–Trinajstić information content (AvgIpc) is 2.39. The molecule has 2 aromatic heterocycles. The minimum Gasteiger partial charge on any atom is -0.331 e. The number of H-pyrrole nitrogens is 1. The summed E-state index contributed by atoms with van der Waals surface area (Å²) in [5.74, 6) is 0. The number of halogens is 2. The summed E-state index contributed by atoms with van der Waals surface area (Å²) >= 11 is 6.66. The molecule has 62 valence electrons. The van der Waals surface area contributed by atoms with Crippen molar-refractivity contribution in [3.63, 3.8) is 0 Å². The van der Waals surface area contributed by atoms with Crippen molar-refractivity contribution in [2.24, 2.45) is 0 Å². The predicted molar refractivity (Wildman–Crippen MR) is 54.0 cm³/mol. The van der Waals surface area contributed by atoms with Crippen LogP contribution in [0.25, 0.3) is 11.2 Å². The molecule has 1 N–H and O–H groups in total. The third-order valence-corrected chi connectivity index (χ3v) is 2.86. The summed E-state index contributed by atoms with van der Waals surface area (Å²) in [5, 5.41) is 0. The van der Waals surface area contributed by atoms with Crippen molar-refractivity contribution in [3.8, 4) is 0 Å². The van der Waals surface area contributed by atoms with Gasteiger partial charge in [-0.25, -0.2) is 9.97 Å². The number of aryl methyl sites for hydroxylation is 1. The zero-order valence-corrected chi connectivity index (χ0v) is 9.40. The number of aromatic amines is 1. The van der Waals surface area contributed by atoms with E-state index >= 15 is 0 Å². The highest BCUT2D eigenvalue weighted by atomic mass is 79.9. The Morgan fingerprint density at radius 2 is 2.17 bits per heavy atom. The van der Waals surface area contributed by atoms with Gasteiger partial charge in [0.25, 0.3) is 0 Å². The Labute approximate surface area is 85.9 Å². The number of nitrogens with zero attached hydrogens (tertiary/aromatic N) is 2. The van der Waals surface area contributed by atoms with Gasteiger partial charge in [-0.2, -0.15) is 0 Å². The van der Waals surface area contributed by atoms with Gasteiger partial charge < -0.3 is 4.98 Å². The van der Waals surface area contributed by atoms with E-state index in [0.29, 0.717) is 4.73 Å². The molecule has 0 radical (unpaired) electrons. The first-order valence-electron chi connectivity index (χ1n) is 3.35. The molecule has 0 aliphatic heterocycles. The third kappa shape index (κ3) is 1.17. The summed E-state index contributed by atoms with van der Waals surface area (Å²) < 4.78 is 1.71. The first kappa shape index (κ1) is 8.19. The molecule has 0 saturated carbocycles. The number of nitrogens with one attached hydrogen (secondary N) is 1. The van der Waals surface area contributed by atoms with Gasteiger partial charge in [0.15, 0.2) is 10.4 Å². The topological polar surface area (TPSA) is 41.6 Å². The van der Waals surface area contributed by atoms with Gasteiger partial charge >= 0.3 is 0 Å². The average molecular weight is 291 g/mol. The fraction of sp³-hybridized carbons (Fsp3) is 0.143. The van der Waals surface area contributed by atoms with E-state index in [1.807, 2.05) is 6.92 Å². The van der Waals surface area contributed by atoms with Gasteiger partial charge in [-0.1, -0.05) is 0 Å². The van der Waals surface area contributed by atoms with Crippen molar-refractivity contribution in [1.82, 2.24) is 15.0 Å². The number of rotatable bonds is 0. The fourth-order valence-electron chi connectivity index (χ4n) is 1.02. The van der Waals surface area contributed by atoms with Crippen LogP contribution in [0, 0.1) is 6.92 Å². The lowest BCUT2D eigenvalue weighted by Crippen LogP contribution is -1.82. The molecule has 0 aliphatic carbocycles. The lowest BCUT2D eigenvalue weighted by Gasteiger charge is -1.95. The summed E-state index contributed by atoms with van der Waals surface area (Å²) in [5.41, 5.74) is 2.83. The molecule has 0 fully saturated rings. The Morgan fingerprint density at radius 3 is 2.92 bits per heavy atom. The second kappa shape index (κ2) is 2.81. The highest BCUT2D eigenvalue weighted by Crippen LogP contribution is 2.22.